The van der Waals surface area contributed by atoms with Gasteiger partial charge in [0.05, 0.1) is 0 Å². The van der Waals surface area contributed by atoms with Crippen LogP contribution in [0.4, 0.5) is 16.2 Å². The van der Waals surface area contributed by atoms with Gasteiger partial charge in [0.2, 0.25) is 0 Å². The summed E-state index contributed by atoms with van der Waals surface area (Å²) in [4.78, 5) is 23.2. The third-order valence-corrected chi connectivity index (χ3v) is 5.42. The molecule has 2 aliphatic heterocycles. The van der Waals surface area contributed by atoms with Gasteiger partial charge in [-0.25, -0.2) is 4.79 Å². The fourth-order valence-electron chi connectivity index (χ4n) is 3.81. The maximum Gasteiger partial charge on any atom is 0.317 e. The van der Waals surface area contributed by atoms with E-state index in [0.717, 1.165) is 31.7 Å². The number of urea groups is 1. The second-order valence-electron chi connectivity index (χ2n) is 7.20. The summed E-state index contributed by atoms with van der Waals surface area (Å²) >= 11 is 0. The van der Waals surface area contributed by atoms with E-state index in [1.807, 2.05) is 17.0 Å². The van der Waals surface area contributed by atoms with E-state index in [4.69, 9.17) is 0 Å². The van der Waals surface area contributed by atoms with Gasteiger partial charge in [-0.3, -0.25) is 4.98 Å². The van der Waals surface area contributed by atoms with E-state index in [9.17, 15) is 4.79 Å². The van der Waals surface area contributed by atoms with Crippen molar-refractivity contribution in [3.8, 4) is 0 Å². The van der Waals surface area contributed by atoms with E-state index < -0.39 is 0 Å². The summed E-state index contributed by atoms with van der Waals surface area (Å²) in [6, 6.07) is 12.7. The Hall–Kier alpha value is -2.76. The molecule has 2 fully saturated rings. The number of rotatable bonds is 4. The van der Waals surface area contributed by atoms with Gasteiger partial charge in [0.15, 0.2) is 0 Å². The van der Waals surface area contributed by atoms with Gasteiger partial charge in [0.25, 0.3) is 0 Å². The number of amides is 2. The van der Waals surface area contributed by atoms with Crippen LogP contribution in [0.1, 0.15) is 18.4 Å². The Bertz CT molecular complexity index is 735. The van der Waals surface area contributed by atoms with E-state index >= 15 is 0 Å². The van der Waals surface area contributed by atoms with Gasteiger partial charge in [0.1, 0.15) is 0 Å². The van der Waals surface area contributed by atoms with Gasteiger partial charge >= 0.3 is 6.03 Å². The number of hydrogen-bond donors (Lipinski definition) is 1. The van der Waals surface area contributed by atoms with Crippen molar-refractivity contribution >= 4 is 17.4 Å². The first kappa shape index (κ1) is 17.6. The monoisotopic (exact) mass is 365 g/mol. The molecule has 2 amide bonds. The second kappa shape index (κ2) is 8.29. The number of hydrogen-bond acceptors (Lipinski definition) is 4. The summed E-state index contributed by atoms with van der Waals surface area (Å²) in [6.45, 7) is 6.08. The second-order valence-corrected chi connectivity index (χ2v) is 7.20. The molecule has 6 heteroatoms. The quantitative estimate of drug-likeness (QED) is 0.905. The van der Waals surface area contributed by atoms with Crippen molar-refractivity contribution in [2.75, 3.05) is 49.1 Å². The Kier molecular flexibility index (Phi) is 5.42. The van der Waals surface area contributed by atoms with Gasteiger partial charge in [-0.05, 0) is 48.7 Å². The van der Waals surface area contributed by atoms with Crippen LogP contribution in [0, 0.1) is 0 Å². The molecule has 27 heavy (non-hydrogen) atoms. The van der Waals surface area contributed by atoms with E-state index in [-0.39, 0.29) is 6.03 Å². The number of benzene rings is 1. The van der Waals surface area contributed by atoms with E-state index in [1.165, 1.54) is 37.3 Å². The van der Waals surface area contributed by atoms with Gasteiger partial charge < -0.3 is 20.0 Å². The topological polar surface area (TPSA) is 51.7 Å². The molecule has 2 saturated heterocycles. The maximum atomic E-state index is 12.4. The highest BCUT2D eigenvalue weighted by Gasteiger charge is 2.21. The van der Waals surface area contributed by atoms with Crippen molar-refractivity contribution in [1.82, 2.24) is 15.2 Å². The fourth-order valence-corrected chi connectivity index (χ4v) is 3.81. The van der Waals surface area contributed by atoms with E-state index in [1.54, 1.807) is 12.4 Å². The Morgan fingerprint density at radius 1 is 0.889 bits per heavy atom. The standard InChI is InChI=1S/C21H27N5O/c27-21(23-17-18-4-3-9-22-16-18)26-14-12-25(13-15-26)20-7-5-19(6-8-20)24-10-1-2-11-24/h3-9,16H,1-2,10-15,17H2,(H,23,27). The lowest BCUT2D eigenvalue weighted by molar-refractivity contribution is 0.194. The minimum absolute atomic E-state index is 0.00267. The summed E-state index contributed by atoms with van der Waals surface area (Å²) in [5.74, 6) is 0. The molecule has 0 aliphatic carbocycles. The van der Waals surface area contributed by atoms with Crippen LogP contribution < -0.4 is 15.1 Å². The van der Waals surface area contributed by atoms with Crippen LogP contribution in [-0.4, -0.2) is 55.2 Å². The molecule has 1 aromatic heterocycles. The number of nitrogens with zero attached hydrogens (tertiary/aromatic N) is 4. The zero-order chi connectivity index (χ0) is 18.5. The summed E-state index contributed by atoms with van der Waals surface area (Å²) in [7, 11) is 0. The zero-order valence-corrected chi connectivity index (χ0v) is 15.7. The van der Waals surface area contributed by atoms with Crippen LogP contribution >= 0.6 is 0 Å². The van der Waals surface area contributed by atoms with Crippen LogP contribution in [0.5, 0.6) is 0 Å². The van der Waals surface area contributed by atoms with Gasteiger partial charge in [0, 0.05) is 69.6 Å². The highest BCUT2D eigenvalue weighted by Crippen LogP contribution is 2.24. The summed E-state index contributed by atoms with van der Waals surface area (Å²) in [6.07, 6.45) is 6.12. The number of nitrogens with one attached hydrogen (secondary N) is 1. The summed E-state index contributed by atoms with van der Waals surface area (Å²) < 4.78 is 0. The predicted octanol–water partition coefficient (Wildman–Crippen LogP) is 2.71. The highest BCUT2D eigenvalue weighted by molar-refractivity contribution is 5.74. The van der Waals surface area contributed by atoms with Crippen LogP contribution in [0.2, 0.25) is 0 Å². The number of piperazine rings is 1. The molecule has 2 aliphatic rings. The molecule has 1 N–H and O–H groups in total. The summed E-state index contributed by atoms with van der Waals surface area (Å²) in [5.41, 5.74) is 3.58. The lowest BCUT2D eigenvalue weighted by Gasteiger charge is -2.36. The molecular weight excluding hydrogens is 338 g/mol. The predicted molar refractivity (Wildman–Crippen MR) is 108 cm³/mol. The van der Waals surface area contributed by atoms with Crippen molar-refractivity contribution in [2.45, 2.75) is 19.4 Å². The number of pyridine rings is 1. The third kappa shape index (κ3) is 4.32. The Morgan fingerprint density at radius 3 is 2.11 bits per heavy atom. The molecule has 6 nitrogen and oxygen atoms in total. The minimum Gasteiger partial charge on any atom is -0.372 e. The smallest absolute Gasteiger partial charge is 0.317 e. The first-order chi connectivity index (χ1) is 13.3. The van der Waals surface area contributed by atoms with E-state index in [2.05, 4.69) is 44.4 Å². The molecule has 4 rings (SSSR count). The zero-order valence-electron chi connectivity index (χ0n) is 15.7. The molecule has 1 aromatic carbocycles. The molecule has 3 heterocycles. The average Bonchev–Trinajstić information content (AvgIpc) is 3.28. The first-order valence-corrected chi connectivity index (χ1v) is 9.81. The molecule has 0 atom stereocenters. The Morgan fingerprint density at radius 2 is 1.52 bits per heavy atom. The lowest BCUT2D eigenvalue weighted by Crippen LogP contribution is -2.51. The Balaban J connectivity index is 1.26. The Labute approximate surface area is 160 Å². The number of carbonyl (C=O) groups excluding carboxylic acids is 1. The number of carbonyl (C=O) groups is 1. The normalized spacial score (nSPS) is 17.3. The number of anilines is 2. The van der Waals surface area contributed by atoms with Crippen LogP contribution in [-0.2, 0) is 6.54 Å². The largest absolute Gasteiger partial charge is 0.372 e. The molecule has 0 bridgehead atoms. The summed E-state index contributed by atoms with van der Waals surface area (Å²) in [5, 5.41) is 2.98. The van der Waals surface area contributed by atoms with Crippen molar-refractivity contribution < 1.29 is 4.79 Å². The van der Waals surface area contributed by atoms with Crippen molar-refractivity contribution in [3.05, 3.63) is 54.4 Å². The van der Waals surface area contributed by atoms with E-state index in [0.29, 0.717) is 6.54 Å². The number of aromatic nitrogens is 1. The maximum absolute atomic E-state index is 12.4. The fraction of sp³-hybridized carbons (Fsp3) is 0.429. The van der Waals surface area contributed by atoms with Crippen LogP contribution in [0.25, 0.3) is 0 Å². The first-order valence-electron chi connectivity index (χ1n) is 9.81. The molecule has 2 aromatic rings. The molecule has 0 radical (unpaired) electrons. The lowest BCUT2D eigenvalue weighted by atomic mass is 10.2. The highest BCUT2D eigenvalue weighted by atomic mass is 16.2. The SMILES string of the molecule is O=C(NCc1cccnc1)N1CCN(c2ccc(N3CCCC3)cc2)CC1. The molecule has 0 saturated carbocycles. The molecular formula is C21H27N5O. The molecule has 0 spiro atoms. The van der Waals surface area contributed by atoms with Crippen molar-refractivity contribution in [1.29, 1.82) is 0 Å². The van der Waals surface area contributed by atoms with Crippen molar-refractivity contribution in [2.24, 2.45) is 0 Å². The van der Waals surface area contributed by atoms with Crippen LogP contribution in [0.3, 0.4) is 0 Å². The van der Waals surface area contributed by atoms with Gasteiger partial charge in [-0.15, -0.1) is 0 Å². The minimum atomic E-state index is 0.00267. The average molecular weight is 365 g/mol. The molecule has 142 valence electrons. The molecule has 0 unspecified atom stereocenters. The van der Waals surface area contributed by atoms with Gasteiger partial charge in [-0.2, -0.15) is 0 Å². The van der Waals surface area contributed by atoms with Gasteiger partial charge in [-0.1, -0.05) is 6.07 Å². The van der Waals surface area contributed by atoms with Crippen molar-refractivity contribution in [3.63, 3.8) is 0 Å². The van der Waals surface area contributed by atoms with Crippen LogP contribution in [0.15, 0.2) is 48.8 Å². The third-order valence-electron chi connectivity index (χ3n) is 5.42.